The Labute approximate surface area is 76.0 Å². The average molecular weight is 162 g/mol. The second-order valence-electron chi connectivity index (χ2n) is 2.67. The van der Waals surface area contributed by atoms with E-state index in [0.29, 0.717) is 0 Å². The van der Waals surface area contributed by atoms with E-state index in [4.69, 9.17) is 0 Å². The molecule has 0 fully saturated rings. The molecular formula is C12H18. The Bertz CT molecular complexity index is 182. The standard InChI is InChI=1S/C12H18/c1-4-7-9-11-12(6-3)10-8-5-2/h4,6-7,9,11H,1,3,5,8,10H2,2H3. The van der Waals surface area contributed by atoms with Crippen molar-refractivity contribution in [3.05, 3.63) is 49.1 Å². The lowest BCUT2D eigenvalue weighted by Crippen LogP contribution is -1.77. The summed E-state index contributed by atoms with van der Waals surface area (Å²) in [5.74, 6) is 0. The van der Waals surface area contributed by atoms with Gasteiger partial charge < -0.3 is 0 Å². The third-order valence-electron chi connectivity index (χ3n) is 1.64. The molecule has 0 radical (unpaired) electrons. The maximum absolute atomic E-state index is 3.76. The van der Waals surface area contributed by atoms with Crippen molar-refractivity contribution in [3.8, 4) is 0 Å². The SMILES string of the molecule is C=CC=CC=C(C=C)CCCC. The maximum atomic E-state index is 3.76. The van der Waals surface area contributed by atoms with Gasteiger partial charge in [0.2, 0.25) is 0 Å². The molecule has 0 N–H and O–H groups in total. The summed E-state index contributed by atoms with van der Waals surface area (Å²) in [6, 6.07) is 0. The highest BCUT2D eigenvalue weighted by Crippen LogP contribution is 2.07. The molecule has 0 aliphatic rings. The number of hydrogen-bond acceptors (Lipinski definition) is 0. The van der Waals surface area contributed by atoms with Gasteiger partial charge in [-0.15, -0.1) is 0 Å². The zero-order valence-corrected chi connectivity index (χ0v) is 7.92. The van der Waals surface area contributed by atoms with Crippen LogP contribution in [0.15, 0.2) is 49.1 Å². The van der Waals surface area contributed by atoms with Crippen LogP contribution in [0.5, 0.6) is 0 Å². The third kappa shape index (κ3) is 5.72. The fourth-order valence-electron chi connectivity index (χ4n) is 0.892. The van der Waals surface area contributed by atoms with Crippen molar-refractivity contribution in [3.63, 3.8) is 0 Å². The van der Waals surface area contributed by atoms with E-state index in [1.807, 2.05) is 18.2 Å². The fraction of sp³-hybridized carbons (Fsp3) is 0.333. The van der Waals surface area contributed by atoms with Crippen molar-refractivity contribution in [1.82, 2.24) is 0 Å². The first-order chi connectivity index (χ1) is 5.85. The number of hydrogen-bond donors (Lipinski definition) is 0. The Hall–Kier alpha value is -1.04. The minimum atomic E-state index is 1.13. The smallest absolute Gasteiger partial charge is 0.0279 e. The maximum Gasteiger partial charge on any atom is -0.0279 e. The van der Waals surface area contributed by atoms with E-state index < -0.39 is 0 Å². The summed E-state index contributed by atoms with van der Waals surface area (Å²) in [7, 11) is 0. The summed E-state index contributed by atoms with van der Waals surface area (Å²) in [4.78, 5) is 0. The summed E-state index contributed by atoms with van der Waals surface area (Å²) in [6.45, 7) is 9.56. The first kappa shape index (κ1) is 11.0. The predicted molar refractivity (Wildman–Crippen MR) is 57.1 cm³/mol. The Morgan fingerprint density at radius 3 is 2.50 bits per heavy atom. The van der Waals surface area contributed by atoms with Gasteiger partial charge in [0.1, 0.15) is 0 Å². The molecule has 0 saturated heterocycles. The Morgan fingerprint density at radius 1 is 1.25 bits per heavy atom. The van der Waals surface area contributed by atoms with Gasteiger partial charge in [-0.05, 0) is 18.4 Å². The normalized spacial score (nSPS) is 11.9. The van der Waals surface area contributed by atoms with E-state index in [1.165, 1.54) is 18.4 Å². The van der Waals surface area contributed by atoms with Gasteiger partial charge >= 0.3 is 0 Å². The van der Waals surface area contributed by atoms with E-state index in [0.717, 1.165) is 6.42 Å². The van der Waals surface area contributed by atoms with Crippen molar-refractivity contribution in [2.24, 2.45) is 0 Å². The molecule has 0 saturated carbocycles. The van der Waals surface area contributed by atoms with E-state index in [2.05, 4.69) is 26.2 Å². The summed E-state index contributed by atoms with van der Waals surface area (Å²) in [5.41, 5.74) is 1.30. The van der Waals surface area contributed by atoms with Gasteiger partial charge in [0.05, 0.1) is 0 Å². The van der Waals surface area contributed by atoms with E-state index in [-0.39, 0.29) is 0 Å². The molecule has 0 bridgehead atoms. The lowest BCUT2D eigenvalue weighted by molar-refractivity contribution is 0.798. The monoisotopic (exact) mass is 162 g/mol. The average Bonchev–Trinajstić information content (AvgIpc) is 2.11. The summed E-state index contributed by atoms with van der Waals surface area (Å²) < 4.78 is 0. The molecule has 0 amide bonds. The Morgan fingerprint density at radius 2 is 2.00 bits per heavy atom. The number of allylic oxidation sites excluding steroid dienone is 6. The van der Waals surface area contributed by atoms with Gasteiger partial charge in [0.25, 0.3) is 0 Å². The molecule has 0 unspecified atom stereocenters. The van der Waals surface area contributed by atoms with Crippen LogP contribution in [0, 0.1) is 0 Å². The number of rotatable bonds is 6. The van der Waals surface area contributed by atoms with Crippen LogP contribution >= 0.6 is 0 Å². The molecule has 0 aliphatic heterocycles. The van der Waals surface area contributed by atoms with E-state index in [9.17, 15) is 0 Å². The van der Waals surface area contributed by atoms with Crippen molar-refractivity contribution in [2.45, 2.75) is 26.2 Å². The third-order valence-corrected chi connectivity index (χ3v) is 1.64. The fourth-order valence-corrected chi connectivity index (χ4v) is 0.892. The quantitative estimate of drug-likeness (QED) is 0.517. The minimum absolute atomic E-state index is 1.13. The largest absolute Gasteiger partial charge is 0.0991 e. The molecule has 0 nitrogen and oxygen atoms in total. The lowest BCUT2D eigenvalue weighted by Gasteiger charge is -1.97. The predicted octanol–water partition coefficient (Wildman–Crippen LogP) is 4.03. The highest BCUT2D eigenvalue weighted by Gasteiger charge is 1.87. The van der Waals surface area contributed by atoms with Crippen molar-refractivity contribution >= 4 is 0 Å². The van der Waals surface area contributed by atoms with Crippen LogP contribution in [0.3, 0.4) is 0 Å². The van der Waals surface area contributed by atoms with E-state index >= 15 is 0 Å². The van der Waals surface area contributed by atoms with Gasteiger partial charge in [-0.25, -0.2) is 0 Å². The minimum Gasteiger partial charge on any atom is -0.0991 e. The first-order valence-corrected chi connectivity index (χ1v) is 4.45. The molecular weight excluding hydrogens is 144 g/mol. The van der Waals surface area contributed by atoms with Crippen LogP contribution in [0.2, 0.25) is 0 Å². The van der Waals surface area contributed by atoms with E-state index in [1.54, 1.807) is 6.08 Å². The molecule has 0 spiro atoms. The molecule has 66 valence electrons. The summed E-state index contributed by atoms with van der Waals surface area (Å²) in [6.07, 6.45) is 13.3. The van der Waals surface area contributed by atoms with Crippen LogP contribution in [-0.4, -0.2) is 0 Å². The zero-order chi connectivity index (χ0) is 9.23. The molecule has 0 atom stereocenters. The first-order valence-electron chi connectivity index (χ1n) is 4.45. The Kier molecular flexibility index (Phi) is 7.36. The van der Waals surface area contributed by atoms with Gasteiger partial charge in [-0.1, -0.05) is 56.9 Å². The summed E-state index contributed by atoms with van der Waals surface area (Å²) in [5, 5.41) is 0. The molecule has 0 heteroatoms. The number of unbranched alkanes of at least 4 members (excludes halogenated alkanes) is 1. The summed E-state index contributed by atoms with van der Waals surface area (Å²) >= 11 is 0. The lowest BCUT2D eigenvalue weighted by atomic mass is 10.1. The molecule has 0 aliphatic carbocycles. The van der Waals surface area contributed by atoms with Crippen LogP contribution in [0.1, 0.15) is 26.2 Å². The second kappa shape index (κ2) is 8.06. The highest BCUT2D eigenvalue weighted by molar-refractivity contribution is 5.23. The zero-order valence-electron chi connectivity index (χ0n) is 7.92. The highest BCUT2D eigenvalue weighted by atomic mass is 13.9. The second-order valence-corrected chi connectivity index (χ2v) is 2.67. The molecule has 0 heterocycles. The van der Waals surface area contributed by atoms with Gasteiger partial charge in [-0.2, -0.15) is 0 Å². The van der Waals surface area contributed by atoms with Crippen molar-refractivity contribution in [2.75, 3.05) is 0 Å². The van der Waals surface area contributed by atoms with Gasteiger partial charge in [0.15, 0.2) is 0 Å². The van der Waals surface area contributed by atoms with Crippen LogP contribution in [-0.2, 0) is 0 Å². The van der Waals surface area contributed by atoms with Crippen LogP contribution < -0.4 is 0 Å². The molecule has 0 rings (SSSR count). The van der Waals surface area contributed by atoms with Gasteiger partial charge in [-0.3, -0.25) is 0 Å². The molecule has 0 aromatic rings. The van der Waals surface area contributed by atoms with Gasteiger partial charge in [0, 0.05) is 0 Å². The van der Waals surface area contributed by atoms with Crippen LogP contribution in [0.25, 0.3) is 0 Å². The molecule has 12 heavy (non-hydrogen) atoms. The van der Waals surface area contributed by atoms with Crippen LogP contribution in [0.4, 0.5) is 0 Å². The van der Waals surface area contributed by atoms with Crippen molar-refractivity contribution in [1.29, 1.82) is 0 Å². The van der Waals surface area contributed by atoms with Crippen molar-refractivity contribution < 1.29 is 0 Å². The molecule has 0 aromatic carbocycles. The topological polar surface area (TPSA) is 0 Å². The molecule has 0 aromatic heterocycles. The Balaban J connectivity index is 3.94.